The third kappa shape index (κ3) is 5.84. The third-order valence-electron chi connectivity index (χ3n) is 7.48. The van der Waals surface area contributed by atoms with Crippen molar-refractivity contribution < 1.29 is 18.3 Å². The van der Waals surface area contributed by atoms with E-state index in [2.05, 4.69) is 30.4 Å². The normalized spacial score (nSPS) is 21.6. The topological polar surface area (TPSA) is 98.7 Å². The van der Waals surface area contributed by atoms with Crippen LogP contribution in [0.2, 0.25) is 0 Å². The number of carbonyl (C=O) groups is 1. The minimum atomic E-state index is -2.56. The molecule has 1 unspecified atom stereocenters. The summed E-state index contributed by atoms with van der Waals surface area (Å²) in [5.41, 5.74) is 3.83. The molecule has 5 heterocycles. The van der Waals surface area contributed by atoms with Crippen LogP contribution in [0.3, 0.4) is 0 Å². The van der Waals surface area contributed by atoms with Crippen LogP contribution in [0.4, 0.5) is 8.78 Å². The molecule has 2 fully saturated rings. The number of halogens is 2. The summed E-state index contributed by atoms with van der Waals surface area (Å²) < 4.78 is 32.4. The van der Waals surface area contributed by atoms with Gasteiger partial charge < -0.3 is 15.0 Å². The number of aliphatic imine (C=N–C) groups is 1. The minimum Gasteiger partial charge on any atom is -0.378 e. The Labute approximate surface area is 224 Å². The number of pyridine rings is 1. The lowest BCUT2D eigenvalue weighted by molar-refractivity contribution is -0.0566. The van der Waals surface area contributed by atoms with Gasteiger partial charge in [-0.15, -0.1) is 0 Å². The number of aromatic amines is 1. The molecule has 3 aliphatic rings. The number of hydrogen-bond donors (Lipinski definition) is 2. The van der Waals surface area contributed by atoms with Gasteiger partial charge in [-0.1, -0.05) is 12.1 Å². The number of nitrogens with one attached hydrogen (secondary N) is 2. The van der Waals surface area contributed by atoms with Crippen LogP contribution in [0.15, 0.2) is 53.8 Å². The monoisotopic (exact) mass is 535 g/mol. The number of alkyl halides is 2. The number of carbonyl (C=O) groups excluding carboxylic acids is 1. The largest absolute Gasteiger partial charge is 0.378 e. The SMILES string of the molecule is O=C(NC1C=CC(N2CCOCC2)=NC1)c1n[nH]c2ccc(-c3cncc(CN4CCC(F)(F)CC4)c3)cc12. The molecule has 0 spiro atoms. The van der Waals surface area contributed by atoms with Crippen LogP contribution in [-0.4, -0.2) is 94.6 Å². The lowest BCUT2D eigenvalue weighted by Gasteiger charge is -2.31. The van der Waals surface area contributed by atoms with Crippen LogP contribution in [0.5, 0.6) is 0 Å². The van der Waals surface area contributed by atoms with Gasteiger partial charge in [-0.05, 0) is 35.4 Å². The molecule has 9 nitrogen and oxygen atoms in total. The number of amidine groups is 1. The Bertz CT molecular complexity index is 1400. The predicted molar refractivity (Wildman–Crippen MR) is 144 cm³/mol. The van der Waals surface area contributed by atoms with Crippen molar-refractivity contribution in [1.82, 2.24) is 30.3 Å². The molecule has 2 saturated heterocycles. The fraction of sp³-hybridized carbons (Fsp3) is 0.429. The Morgan fingerprint density at radius 3 is 2.69 bits per heavy atom. The summed E-state index contributed by atoms with van der Waals surface area (Å²) in [6.45, 7) is 4.80. The summed E-state index contributed by atoms with van der Waals surface area (Å²) in [6.07, 6.45) is 7.24. The number of amides is 1. The highest BCUT2D eigenvalue weighted by Gasteiger charge is 2.33. The lowest BCUT2D eigenvalue weighted by Crippen LogP contribution is -2.43. The number of benzene rings is 1. The van der Waals surface area contributed by atoms with Gasteiger partial charge in [0.1, 0.15) is 5.84 Å². The number of H-pyrrole nitrogens is 1. The number of aromatic nitrogens is 3. The molecule has 0 radical (unpaired) electrons. The van der Waals surface area contributed by atoms with E-state index in [0.717, 1.165) is 41.1 Å². The molecule has 204 valence electrons. The van der Waals surface area contributed by atoms with E-state index in [9.17, 15) is 13.6 Å². The first-order chi connectivity index (χ1) is 18.9. The number of rotatable bonds is 5. The van der Waals surface area contributed by atoms with Crippen molar-refractivity contribution in [2.24, 2.45) is 4.99 Å². The van der Waals surface area contributed by atoms with E-state index in [1.54, 1.807) is 12.4 Å². The van der Waals surface area contributed by atoms with Crippen molar-refractivity contribution >= 4 is 22.6 Å². The van der Waals surface area contributed by atoms with Gasteiger partial charge in [0.15, 0.2) is 5.69 Å². The fourth-order valence-electron chi connectivity index (χ4n) is 5.23. The smallest absolute Gasteiger partial charge is 0.272 e. The van der Waals surface area contributed by atoms with Crippen LogP contribution in [0.25, 0.3) is 22.0 Å². The number of piperidine rings is 1. The summed E-state index contributed by atoms with van der Waals surface area (Å²) in [5, 5.41) is 11.0. The van der Waals surface area contributed by atoms with Crippen molar-refractivity contribution in [2.75, 3.05) is 45.9 Å². The van der Waals surface area contributed by atoms with E-state index in [4.69, 9.17) is 4.74 Å². The van der Waals surface area contributed by atoms with Gasteiger partial charge in [-0.3, -0.25) is 24.8 Å². The summed E-state index contributed by atoms with van der Waals surface area (Å²) >= 11 is 0. The van der Waals surface area contributed by atoms with E-state index >= 15 is 0 Å². The van der Waals surface area contributed by atoms with Gasteiger partial charge in [0.25, 0.3) is 11.8 Å². The highest BCUT2D eigenvalue weighted by Crippen LogP contribution is 2.29. The highest BCUT2D eigenvalue weighted by molar-refractivity contribution is 6.06. The van der Waals surface area contributed by atoms with Crippen LogP contribution in [0.1, 0.15) is 28.9 Å². The van der Waals surface area contributed by atoms with E-state index in [1.807, 2.05) is 41.3 Å². The first-order valence-corrected chi connectivity index (χ1v) is 13.3. The molecule has 3 aliphatic heterocycles. The minimum absolute atomic E-state index is 0.111. The number of fused-ring (bicyclic) bond motifs is 1. The standard InChI is InChI=1S/C28H31F2N7O2/c29-28(30)5-7-36(8-6-28)18-19-13-21(16-31-15-19)20-1-3-24-23(14-20)26(35-34-24)27(38)33-22-2-4-25(32-17-22)37-9-11-39-12-10-37/h1-4,13-16,22H,5-12,17-18H2,(H,33,38)(H,34,35). The summed E-state index contributed by atoms with van der Waals surface area (Å²) in [4.78, 5) is 26.4. The Balaban J connectivity index is 1.14. The van der Waals surface area contributed by atoms with Gasteiger partial charge in [0.2, 0.25) is 0 Å². The molecular formula is C28H31F2N7O2. The van der Waals surface area contributed by atoms with E-state index in [1.165, 1.54) is 0 Å². The number of likely N-dealkylation sites (tertiary alicyclic amines) is 1. The van der Waals surface area contributed by atoms with Gasteiger partial charge >= 0.3 is 0 Å². The molecule has 0 saturated carbocycles. The number of dihydropyridines is 1. The second-order valence-electron chi connectivity index (χ2n) is 10.3. The fourth-order valence-corrected chi connectivity index (χ4v) is 5.23. The molecular weight excluding hydrogens is 504 g/mol. The second-order valence-corrected chi connectivity index (χ2v) is 10.3. The average Bonchev–Trinajstić information content (AvgIpc) is 3.39. The Kier molecular flexibility index (Phi) is 7.09. The number of morpholine rings is 1. The Hall–Kier alpha value is -3.70. The maximum Gasteiger partial charge on any atom is 0.272 e. The van der Waals surface area contributed by atoms with Crippen molar-refractivity contribution in [3.8, 4) is 11.1 Å². The van der Waals surface area contributed by atoms with E-state index in [-0.39, 0.29) is 24.8 Å². The first kappa shape index (κ1) is 25.6. The summed E-state index contributed by atoms with van der Waals surface area (Å²) in [6, 6.07) is 7.59. The van der Waals surface area contributed by atoms with Gasteiger partial charge in [-0.2, -0.15) is 5.10 Å². The molecule has 3 aromatic rings. The summed E-state index contributed by atoms with van der Waals surface area (Å²) in [5.74, 6) is -1.91. The molecule has 6 rings (SSSR count). The van der Waals surface area contributed by atoms with Crippen molar-refractivity contribution in [2.45, 2.75) is 31.4 Å². The molecule has 11 heteroatoms. The lowest BCUT2D eigenvalue weighted by atomic mass is 10.0. The molecule has 39 heavy (non-hydrogen) atoms. The van der Waals surface area contributed by atoms with Crippen LogP contribution >= 0.6 is 0 Å². The molecule has 0 bridgehead atoms. The number of hydrogen-bond acceptors (Lipinski definition) is 7. The maximum atomic E-state index is 13.5. The molecule has 2 aromatic heterocycles. The van der Waals surface area contributed by atoms with Gasteiger partial charge in [0.05, 0.1) is 31.3 Å². The van der Waals surface area contributed by atoms with Gasteiger partial charge in [-0.25, -0.2) is 8.78 Å². The van der Waals surface area contributed by atoms with Crippen molar-refractivity contribution in [3.05, 3.63) is 60.1 Å². The first-order valence-electron chi connectivity index (χ1n) is 13.3. The zero-order chi connectivity index (χ0) is 26.8. The van der Waals surface area contributed by atoms with E-state index < -0.39 is 5.92 Å². The number of ether oxygens (including phenoxy) is 1. The molecule has 1 atom stereocenters. The summed E-state index contributed by atoms with van der Waals surface area (Å²) in [7, 11) is 0. The molecule has 1 amide bonds. The van der Waals surface area contributed by atoms with Gasteiger partial charge in [0, 0.05) is 68.9 Å². The quantitative estimate of drug-likeness (QED) is 0.521. The molecule has 1 aromatic carbocycles. The maximum absolute atomic E-state index is 13.5. The van der Waals surface area contributed by atoms with E-state index in [0.29, 0.717) is 50.5 Å². The molecule has 2 N–H and O–H groups in total. The molecule has 0 aliphatic carbocycles. The third-order valence-corrected chi connectivity index (χ3v) is 7.48. The predicted octanol–water partition coefficient (Wildman–Crippen LogP) is 3.25. The second kappa shape index (κ2) is 10.8. The number of nitrogens with zero attached hydrogens (tertiary/aromatic N) is 5. The van der Waals surface area contributed by atoms with Crippen LogP contribution in [-0.2, 0) is 11.3 Å². The highest BCUT2D eigenvalue weighted by atomic mass is 19.3. The van der Waals surface area contributed by atoms with Crippen LogP contribution in [0, 0.1) is 0 Å². The van der Waals surface area contributed by atoms with Crippen molar-refractivity contribution in [3.63, 3.8) is 0 Å². The van der Waals surface area contributed by atoms with Crippen molar-refractivity contribution in [1.29, 1.82) is 0 Å². The zero-order valence-corrected chi connectivity index (χ0v) is 21.6. The zero-order valence-electron chi connectivity index (χ0n) is 21.6. The van der Waals surface area contributed by atoms with Crippen LogP contribution < -0.4 is 5.32 Å². The Morgan fingerprint density at radius 1 is 1.10 bits per heavy atom. The Morgan fingerprint density at radius 2 is 1.92 bits per heavy atom. The average molecular weight is 536 g/mol.